The van der Waals surface area contributed by atoms with Crippen molar-refractivity contribution in [3.8, 4) is 5.75 Å². The predicted octanol–water partition coefficient (Wildman–Crippen LogP) is 4.30. The van der Waals surface area contributed by atoms with Crippen LogP contribution in [-0.4, -0.2) is 29.9 Å². The molecule has 0 fully saturated rings. The second kappa shape index (κ2) is 7.00. The molecule has 0 atom stereocenters. The number of carbonyl (C=O) groups is 2. The smallest absolute Gasteiger partial charge is 0.261 e. The predicted molar refractivity (Wildman–Crippen MR) is 100 cm³/mol. The number of unbranched alkanes of at least 4 members (excludes halogenated alkanes) is 1. The van der Waals surface area contributed by atoms with Crippen molar-refractivity contribution in [3.63, 3.8) is 0 Å². The van der Waals surface area contributed by atoms with E-state index in [2.05, 4.69) is 12.1 Å². The van der Waals surface area contributed by atoms with Crippen LogP contribution >= 0.6 is 0 Å². The molecule has 0 radical (unpaired) electrons. The molecule has 3 aromatic rings. The molecule has 0 N–H and O–H groups in total. The Morgan fingerprint density at radius 2 is 1.38 bits per heavy atom. The third-order valence-corrected chi connectivity index (χ3v) is 4.66. The highest BCUT2D eigenvalue weighted by Crippen LogP contribution is 2.26. The second-order valence-corrected chi connectivity index (χ2v) is 6.34. The normalized spacial score (nSPS) is 13.3. The summed E-state index contributed by atoms with van der Waals surface area (Å²) in [5, 5.41) is 2.24. The molecular weight excluding hydrogens is 326 g/mol. The molecule has 1 heterocycles. The van der Waals surface area contributed by atoms with Gasteiger partial charge in [0.1, 0.15) is 5.75 Å². The Morgan fingerprint density at radius 3 is 2.15 bits per heavy atom. The van der Waals surface area contributed by atoms with Gasteiger partial charge < -0.3 is 4.74 Å². The first-order valence-corrected chi connectivity index (χ1v) is 8.81. The Hall–Kier alpha value is -3.14. The zero-order chi connectivity index (χ0) is 17.9. The zero-order valence-electron chi connectivity index (χ0n) is 14.4. The van der Waals surface area contributed by atoms with E-state index in [4.69, 9.17) is 4.74 Å². The number of amides is 2. The molecule has 0 aromatic heterocycles. The van der Waals surface area contributed by atoms with Crippen LogP contribution in [0.1, 0.15) is 33.6 Å². The molecule has 4 heteroatoms. The highest BCUT2D eigenvalue weighted by Gasteiger charge is 2.34. The molecule has 0 saturated carbocycles. The average Bonchev–Trinajstić information content (AvgIpc) is 2.93. The average molecular weight is 345 g/mol. The minimum atomic E-state index is -0.194. The lowest BCUT2D eigenvalue weighted by atomic mass is 10.1. The molecule has 1 aliphatic rings. The third kappa shape index (κ3) is 2.94. The van der Waals surface area contributed by atoms with Crippen molar-refractivity contribution >= 4 is 22.6 Å². The minimum Gasteiger partial charge on any atom is -0.493 e. The van der Waals surface area contributed by atoms with Crippen molar-refractivity contribution in [3.05, 3.63) is 77.9 Å². The number of hydrogen-bond acceptors (Lipinski definition) is 3. The summed E-state index contributed by atoms with van der Waals surface area (Å²) in [7, 11) is 0. The van der Waals surface area contributed by atoms with Crippen LogP contribution in [0.5, 0.6) is 5.75 Å². The first-order chi connectivity index (χ1) is 12.8. The fraction of sp³-hybridized carbons (Fsp3) is 0.182. The van der Waals surface area contributed by atoms with Gasteiger partial charge in [-0.2, -0.15) is 0 Å². The number of hydrogen-bond donors (Lipinski definition) is 0. The molecule has 4 rings (SSSR count). The van der Waals surface area contributed by atoms with Crippen LogP contribution in [0, 0.1) is 0 Å². The van der Waals surface area contributed by atoms with Crippen molar-refractivity contribution in [1.29, 1.82) is 0 Å². The number of nitrogens with zero attached hydrogens (tertiary/aromatic N) is 1. The van der Waals surface area contributed by atoms with E-state index in [1.807, 2.05) is 30.3 Å². The van der Waals surface area contributed by atoms with Gasteiger partial charge in [-0.1, -0.05) is 48.5 Å². The summed E-state index contributed by atoms with van der Waals surface area (Å²) in [4.78, 5) is 26.0. The molecule has 1 aliphatic heterocycles. The van der Waals surface area contributed by atoms with Crippen LogP contribution in [0.3, 0.4) is 0 Å². The number of benzene rings is 3. The molecule has 0 bridgehead atoms. The van der Waals surface area contributed by atoms with Crippen LogP contribution in [0.15, 0.2) is 66.7 Å². The van der Waals surface area contributed by atoms with E-state index < -0.39 is 0 Å². The van der Waals surface area contributed by atoms with Crippen LogP contribution in [0.25, 0.3) is 10.8 Å². The Morgan fingerprint density at radius 1 is 0.731 bits per heavy atom. The summed E-state index contributed by atoms with van der Waals surface area (Å²) in [6, 6.07) is 21.1. The van der Waals surface area contributed by atoms with E-state index in [1.54, 1.807) is 24.3 Å². The van der Waals surface area contributed by atoms with Gasteiger partial charge in [0.05, 0.1) is 17.7 Å². The minimum absolute atomic E-state index is 0.194. The number of fused-ring (bicyclic) bond motifs is 2. The standard InChI is InChI=1S/C22H19NO3/c24-21-18-11-3-4-12-19(18)22(25)23(21)14-5-6-15-26-20-13-7-9-16-8-1-2-10-17(16)20/h1-4,7-13H,5-6,14-15H2. The lowest BCUT2D eigenvalue weighted by Crippen LogP contribution is -2.30. The number of carbonyl (C=O) groups excluding carboxylic acids is 2. The molecule has 0 saturated heterocycles. The van der Waals surface area contributed by atoms with Gasteiger partial charge in [0.25, 0.3) is 11.8 Å². The Kier molecular flexibility index (Phi) is 4.40. The van der Waals surface area contributed by atoms with Gasteiger partial charge in [0.15, 0.2) is 0 Å². The topological polar surface area (TPSA) is 46.6 Å². The van der Waals surface area contributed by atoms with Crippen LogP contribution in [-0.2, 0) is 0 Å². The van der Waals surface area contributed by atoms with Gasteiger partial charge in [-0.05, 0) is 36.4 Å². The molecule has 4 nitrogen and oxygen atoms in total. The fourth-order valence-corrected chi connectivity index (χ4v) is 3.32. The van der Waals surface area contributed by atoms with E-state index in [9.17, 15) is 9.59 Å². The molecular formula is C22H19NO3. The molecule has 0 unspecified atom stereocenters. The summed E-state index contributed by atoms with van der Waals surface area (Å²) in [6.07, 6.45) is 1.49. The highest BCUT2D eigenvalue weighted by molar-refractivity contribution is 6.21. The fourth-order valence-electron chi connectivity index (χ4n) is 3.32. The monoisotopic (exact) mass is 345 g/mol. The maximum absolute atomic E-state index is 12.3. The third-order valence-electron chi connectivity index (χ3n) is 4.66. The van der Waals surface area contributed by atoms with Crippen molar-refractivity contribution < 1.29 is 14.3 Å². The largest absolute Gasteiger partial charge is 0.493 e. The van der Waals surface area contributed by atoms with Crippen molar-refractivity contribution in [2.75, 3.05) is 13.2 Å². The van der Waals surface area contributed by atoms with E-state index in [0.29, 0.717) is 24.3 Å². The van der Waals surface area contributed by atoms with Crippen LogP contribution in [0.2, 0.25) is 0 Å². The Bertz CT molecular complexity index is 940. The van der Waals surface area contributed by atoms with Crippen LogP contribution in [0.4, 0.5) is 0 Å². The van der Waals surface area contributed by atoms with Crippen molar-refractivity contribution in [2.24, 2.45) is 0 Å². The number of imide groups is 1. The molecule has 130 valence electrons. The SMILES string of the molecule is O=C1c2ccccc2C(=O)N1CCCCOc1cccc2ccccc12. The van der Waals surface area contributed by atoms with Crippen molar-refractivity contribution in [1.82, 2.24) is 4.90 Å². The summed E-state index contributed by atoms with van der Waals surface area (Å²) >= 11 is 0. The number of rotatable bonds is 6. The van der Waals surface area contributed by atoms with Gasteiger partial charge >= 0.3 is 0 Å². The Balaban J connectivity index is 1.31. The summed E-state index contributed by atoms with van der Waals surface area (Å²) in [5.41, 5.74) is 1.01. The maximum atomic E-state index is 12.3. The van der Waals surface area contributed by atoms with Gasteiger partial charge in [-0.15, -0.1) is 0 Å². The second-order valence-electron chi connectivity index (χ2n) is 6.34. The summed E-state index contributed by atoms with van der Waals surface area (Å²) < 4.78 is 5.91. The molecule has 2 amide bonds. The zero-order valence-corrected chi connectivity index (χ0v) is 14.4. The molecule has 26 heavy (non-hydrogen) atoms. The van der Waals surface area contributed by atoms with Gasteiger partial charge in [0.2, 0.25) is 0 Å². The maximum Gasteiger partial charge on any atom is 0.261 e. The van der Waals surface area contributed by atoms with Gasteiger partial charge in [-0.25, -0.2) is 0 Å². The first kappa shape index (κ1) is 16.3. The van der Waals surface area contributed by atoms with E-state index in [1.165, 1.54) is 4.90 Å². The van der Waals surface area contributed by atoms with Crippen molar-refractivity contribution in [2.45, 2.75) is 12.8 Å². The molecule has 3 aromatic carbocycles. The van der Waals surface area contributed by atoms with E-state index in [-0.39, 0.29) is 11.8 Å². The van der Waals surface area contributed by atoms with Crippen LogP contribution < -0.4 is 4.74 Å². The van der Waals surface area contributed by atoms with Gasteiger partial charge in [0, 0.05) is 11.9 Å². The highest BCUT2D eigenvalue weighted by atomic mass is 16.5. The lowest BCUT2D eigenvalue weighted by Gasteiger charge is -2.14. The van der Waals surface area contributed by atoms with E-state index >= 15 is 0 Å². The first-order valence-electron chi connectivity index (χ1n) is 8.81. The van der Waals surface area contributed by atoms with E-state index in [0.717, 1.165) is 29.4 Å². The lowest BCUT2D eigenvalue weighted by molar-refractivity contribution is 0.0649. The summed E-state index contributed by atoms with van der Waals surface area (Å²) in [5.74, 6) is 0.477. The molecule has 0 aliphatic carbocycles. The Labute approximate surface area is 152 Å². The number of ether oxygens (including phenoxy) is 1. The van der Waals surface area contributed by atoms with Gasteiger partial charge in [-0.3, -0.25) is 14.5 Å². The molecule has 0 spiro atoms. The summed E-state index contributed by atoms with van der Waals surface area (Å²) in [6.45, 7) is 0.975. The quantitative estimate of drug-likeness (QED) is 0.494.